The largest absolute Gasteiger partial charge is 0.340 e. The lowest BCUT2D eigenvalue weighted by atomic mass is 9.86. The van der Waals surface area contributed by atoms with Gasteiger partial charge in [0.15, 0.2) is 0 Å². The van der Waals surface area contributed by atoms with E-state index in [1.165, 1.54) is 0 Å². The van der Waals surface area contributed by atoms with Gasteiger partial charge in [-0.15, -0.1) is 10.3 Å². The lowest BCUT2D eigenvalue weighted by molar-refractivity contribution is -0.247. The fraction of sp³-hybridized carbons (Fsp3) is 0.900. The van der Waals surface area contributed by atoms with Gasteiger partial charge in [0.05, 0.1) is 11.5 Å². The summed E-state index contributed by atoms with van der Waals surface area (Å²) in [5.41, 5.74) is -1.59. The SMILES string of the molecule is CC1(C)CC(C(=O)NCS(=O)(=O)O)C(C)(C)N1[O]. The maximum absolute atomic E-state index is 12.0. The molecule has 1 aliphatic heterocycles. The zero-order valence-corrected chi connectivity index (χ0v) is 11.7. The quantitative estimate of drug-likeness (QED) is 0.716. The van der Waals surface area contributed by atoms with Gasteiger partial charge >= 0.3 is 0 Å². The number of nitrogens with one attached hydrogen (secondary N) is 1. The standard InChI is InChI=1S/C10H19N2O5S/c1-9(2)5-7(10(3,4)12(9)14)8(13)11-6-18(15,16)17/h7H,5-6H2,1-4H3,(H,11,13)(H,15,16,17). The Bertz CT molecular complexity index is 443. The third-order valence-electron chi connectivity index (χ3n) is 3.37. The summed E-state index contributed by atoms with van der Waals surface area (Å²) in [5, 5.41) is 15.0. The minimum Gasteiger partial charge on any atom is -0.340 e. The van der Waals surface area contributed by atoms with Crippen molar-refractivity contribution in [2.75, 3.05) is 5.88 Å². The second-order valence-electron chi connectivity index (χ2n) is 5.78. The van der Waals surface area contributed by atoms with Crippen molar-refractivity contribution in [3.63, 3.8) is 0 Å². The summed E-state index contributed by atoms with van der Waals surface area (Å²) >= 11 is 0. The fourth-order valence-corrected chi connectivity index (χ4v) is 2.78. The number of carbonyl (C=O) groups excluding carboxylic acids is 1. The van der Waals surface area contributed by atoms with Crippen LogP contribution >= 0.6 is 0 Å². The first-order valence-electron chi connectivity index (χ1n) is 5.58. The van der Waals surface area contributed by atoms with Crippen LogP contribution in [0.1, 0.15) is 34.1 Å². The molecule has 0 aromatic rings. The smallest absolute Gasteiger partial charge is 0.283 e. The van der Waals surface area contributed by atoms with Crippen molar-refractivity contribution in [1.29, 1.82) is 0 Å². The first-order valence-corrected chi connectivity index (χ1v) is 7.19. The van der Waals surface area contributed by atoms with Crippen LogP contribution in [-0.2, 0) is 20.1 Å². The summed E-state index contributed by atoms with van der Waals surface area (Å²) in [4.78, 5) is 11.9. The molecular formula is C10H19N2O5S. The number of amides is 1. The zero-order valence-electron chi connectivity index (χ0n) is 10.9. The van der Waals surface area contributed by atoms with Gasteiger partial charge in [-0.3, -0.25) is 9.35 Å². The van der Waals surface area contributed by atoms with Crippen LogP contribution in [0.3, 0.4) is 0 Å². The molecule has 0 aromatic heterocycles. The molecule has 1 fully saturated rings. The van der Waals surface area contributed by atoms with Crippen LogP contribution < -0.4 is 5.32 Å². The Hall–Kier alpha value is -0.700. The normalized spacial score (nSPS) is 27.1. The maximum atomic E-state index is 12.0. The van der Waals surface area contributed by atoms with Crippen LogP contribution in [0.2, 0.25) is 0 Å². The Kier molecular flexibility index (Phi) is 3.79. The van der Waals surface area contributed by atoms with Gasteiger partial charge in [-0.05, 0) is 34.1 Å². The average Bonchev–Trinajstić information content (AvgIpc) is 2.34. The molecule has 1 saturated heterocycles. The molecule has 1 radical (unpaired) electrons. The van der Waals surface area contributed by atoms with Crippen molar-refractivity contribution in [3.8, 4) is 0 Å². The Morgan fingerprint density at radius 3 is 2.22 bits per heavy atom. The minimum absolute atomic E-state index is 0.334. The molecule has 1 amide bonds. The first kappa shape index (κ1) is 15.4. The van der Waals surface area contributed by atoms with Gasteiger partial charge in [0.25, 0.3) is 10.1 Å². The summed E-state index contributed by atoms with van der Waals surface area (Å²) in [6, 6.07) is 0. The molecule has 0 saturated carbocycles. The topological polar surface area (TPSA) is 107 Å². The predicted molar refractivity (Wildman–Crippen MR) is 63.3 cm³/mol. The maximum Gasteiger partial charge on any atom is 0.283 e. The number of hydroxylamine groups is 2. The highest BCUT2D eigenvalue weighted by Gasteiger charge is 2.55. The highest BCUT2D eigenvalue weighted by atomic mass is 32.2. The van der Waals surface area contributed by atoms with Gasteiger partial charge < -0.3 is 5.32 Å². The molecule has 0 bridgehead atoms. The molecule has 8 heteroatoms. The van der Waals surface area contributed by atoms with E-state index in [-0.39, 0.29) is 0 Å². The molecular weight excluding hydrogens is 260 g/mol. The average molecular weight is 279 g/mol. The van der Waals surface area contributed by atoms with Crippen molar-refractivity contribution in [2.24, 2.45) is 5.92 Å². The van der Waals surface area contributed by atoms with Gasteiger partial charge in [0.2, 0.25) is 5.91 Å². The highest BCUT2D eigenvalue weighted by Crippen LogP contribution is 2.43. The monoisotopic (exact) mass is 279 g/mol. The Morgan fingerprint density at radius 1 is 1.39 bits per heavy atom. The van der Waals surface area contributed by atoms with Gasteiger partial charge in [-0.1, -0.05) is 0 Å². The summed E-state index contributed by atoms with van der Waals surface area (Å²) in [6.07, 6.45) is 0.334. The van der Waals surface area contributed by atoms with Crippen LogP contribution in [0.5, 0.6) is 0 Å². The molecule has 7 nitrogen and oxygen atoms in total. The molecule has 1 atom stereocenters. The molecule has 0 spiro atoms. The van der Waals surface area contributed by atoms with Crippen LogP contribution in [0.25, 0.3) is 0 Å². The van der Waals surface area contributed by atoms with E-state index >= 15 is 0 Å². The van der Waals surface area contributed by atoms with E-state index in [0.717, 1.165) is 5.06 Å². The molecule has 105 valence electrons. The molecule has 1 unspecified atom stereocenters. The van der Waals surface area contributed by atoms with Crippen molar-refractivity contribution in [3.05, 3.63) is 0 Å². The summed E-state index contributed by atoms with van der Waals surface area (Å²) < 4.78 is 29.7. The Balaban J connectivity index is 2.82. The van der Waals surface area contributed by atoms with Gasteiger partial charge in [0, 0.05) is 5.54 Å². The fourth-order valence-electron chi connectivity index (χ4n) is 2.45. The summed E-state index contributed by atoms with van der Waals surface area (Å²) in [6.45, 7) is 6.76. The second kappa shape index (κ2) is 4.44. The van der Waals surface area contributed by atoms with E-state index in [9.17, 15) is 18.4 Å². The highest BCUT2D eigenvalue weighted by molar-refractivity contribution is 7.85. The van der Waals surface area contributed by atoms with E-state index in [1.807, 2.05) is 0 Å². The van der Waals surface area contributed by atoms with Crippen molar-refractivity contribution < 1.29 is 23.0 Å². The second-order valence-corrected chi connectivity index (χ2v) is 7.24. The van der Waals surface area contributed by atoms with E-state index in [4.69, 9.17) is 4.55 Å². The van der Waals surface area contributed by atoms with E-state index in [0.29, 0.717) is 6.42 Å². The van der Waals surface area contributed by atoms with Crippen molar-refractivity contribution in [2.45, 2.75) is 45.2 Å². The lowest BCUT2D eigenvalue weighted by Crippen LogP contribution is -2.49. The van der Waals surface area contributed by atoms with Crippen LogP contribution in [-0.4, -0.2) is 40.9 Å². The van der Waals surface area contributed by atoms with Gasteiger partial charge in [-0.25, -0.2) is 0 Å². The predicted octanol–water partition coefficient (Wildman–Crippen LogP) is 0.173. The van der Waals surface area contributed by atoms with Gasteiger partial charge in [0.1, 0.15) is 5.88 Å². The zero-order chi connectivity index (χ0) is 14.4. The Labute approximate surface area is 107 Å². The number of hydrogen-bond donors (Lipinski definition) is 2. The molecule has 2 N–H and O–H groups in total. The van der Waals surface area contributed by atoms with Crippen LogP contribution in [0.15, 0.2) is 0 Å². The minimum atomic E-state index is -4.25. The molecule has 0 aromatic carbocycles. The summed E-state index contributed by atoms with van der Waals surface area (Å²) in [5.74, 6) is -1.99. The first-order chi connectivity index (χ1) is 7.88. The van der Waals surface area contributed by atoms with E-state index < -0.39 is 38.9 Å². The van der Waals surface area contributed by atoms with Crippen LogP contribution in [0, 0.1) is 5.92 Å². The number of nitrogens with zero attached hydrogens (tertiary/aromatic N) is 1. The van der Waals surface area contributed by atoms with Crippen LogP contribution in [0.4, 0.5) is 0 Å². The number of hydrogen-bond acceptors (Lipinski definition) is 4. The van der Waals surface area contributed by atoms with Crippen molar-refractivity contribution in [1.82, 2.24) is 10.4 Å². The number of carbonyl (C=O) groups is 1. The molecule has 1 heterocycles. The number of rotatable bonds is 3. The van der Waals surface area contributed by atoms with E-state index in [1.54, 1.807) is 27.7 Å². The van der Waals surface area contributed by atoms with Crippen molar-refractivity contribution >= 4 is 16.0 Å². The molecule has 18 heavy (non-hydrogen) atoms. The molecule has 1 aliphatic rings. The Morgan fingerprint density at radius 2 is 1.89 bits per heavy atom. The van der Waals surface area contributed by atoms with E-state index in [2.05, 4.69) is 5.32 Å². The third kappa shape index (κ3) is 3.00. The molecule has 0 aliphatic carbocycles. The lowest BCUT2D eigenvalue weighted by Gasteiger charge is -2.33. The van der Waals surface area contributed by atoms with Gasteiger partial charge in [-0.2, -0.15) is 8.42 Å². The third-order valence-corrected chi connectivity index (χ3v) is 3.88. The summed E-state index contributed by atoms with van der Waals surface area (Å²) in [7, 11) is -4.25. The molecule has 1 rings (SSSR count).